The summed E-state index contributed by atoms with van der Waals surface area (Å²) in [6, 6.07) is 15.8. The number of ether oxygens (including phenoxy) is 2. The Kier molecular flexibility index (Phi) is 7.47. The Morgan fingerprint density at radius 3 is 2.37 bits per heavy atom. The number of anilines is 3. The Balaban J connectivity index is 1.60. The fourth-order valence-corrected chi connectivity index (χ4v) is 4.93. The number of carbonyl (C=O) groups is 2. The van der Waals surface area contributed by atoms with Crippen LogP contribution in [0.4, 0.5) is 21.6 Å². The Morgan fingerprint density at radius 2 is 1.68 bits per heavy atom. The summed E-state index contributed by atoms with van der Waals surface area (Å²) in [6.07, 6.45) is 1.43. The predicted octanol–water partition coefficient (Wildman–Crippen LogP) is 5.84. The average molecular weight is 556 g/mol. The summed E-state index contributed by atoms with van der Waals surface area (Å²) in [5.41, 5.74) is 4.91. The van der Waals surface area contributed by atoms with E-state index in [2.05, 4.69) is 21.0 Å². The van der Waals surface area contributed by atoms with Crippen molar-refractivity contribution in [3.63, 3.8) is 0 Å². The highest BCUT2D eigenvalue weighted by atomic mass is 19.1. The second-order valence-electron chi connectivity index (χ2n) is 9.76. The van der Waals surface area contributed by atoms with E-state index in [1.54, 1.807) is 44.0 Å². The Labute approximate surface area is 237 Å². The van der Waals surface area contributed by atoms with Crippen molar-refractivity contribution < 1.29 is 23.5 Å². The minimum atomic E-state index is -0.769. The lowest BCUT2D eigenvalue weighted by atomic mass is 9.93. The molecule has 3 aromatic carbocycles. The van der Waals surface area contributed by atoms with Crippen LogP contribution in [0.25, 0.3) is 0 Å². The van der Waals surface area contributed by atoms with E-state index in [4.69, 9.17) is 9.47 Å². The third-order valence-corrected chi connectivity index (χ3v) is 6.98. The highest BCUT2D eigenvalue weighted by Gasteiger charge is 2.37. The summed E-state index contributed by atoms with van der Waals surface area (Å²) in [6.45, 7) is 5.70. The number of aromatic nitrogens is 2. The summed E-state index contributed by atoms with van der Waals surface area (Å²) in [5.74, 6) is 0.276. The van der Waals surface area contributed by atoms with E-state index in [1.165, 1.54) is 30.5 Å². The number of allylic oxidation sites excluding steroid dienone is 1. The summed E-state index contributed by atoms with van der Waals surface area (Å²) < 4.78 is 26.1. The number of rotatable bonds is 7. The highest BCUT2D eigenvalue weighted by Crippen LogP contribution is 2.42. The fraction of sp³-hybridized carbons (Fsp3) is 0.194. The van der Waals surface area contributed by atoms with Crippen LogP contribution >= 0.6 is 0 Å². The van der Waals surface area contributed by atoms with Gasteiger partial charge in [-0.15, -0.1) is 0 Å². The van der Waals surface area contributed by atoms with Crippen LogP contribution in [0.5, 0.6) is 11.5 Å². The average Bonchev–Trinajstić information content (AvgIpc) is 3.38. The van der Waals surface area contributed by atoms with E-state index in [0.29, 0.717) is 45.5 Å². The molecule has 41 heavy (non-hydrogen) atoms. The number of methoxy groups -OCH3 is 2. The third kappa shape index (κ3) is 5.36. The molecule has 0 radical (unpaired) electrons. The maximum atomic E-state index is 13.9. The third-order valence-electron chi connectivity index (χ3n) is 6.98. The van der Waals surface area contributed by atoms with Gasteiger partial charge in [0.05, 0.1) is 26.0 Å². The molecule has 1 aromatic heterocycles. The molecule has 1 aliphatic heterocycles. The lowest BCUT2D eigenvalue weighted by Gasteiger charge is -2.31. The molecule has 1 atom stereocenters. The zero-order valence-electron chi connectivity index (χ0n) is 23.3. The molecule has 0 spiro atoms. The second-order valence-corrected chi connectivity index (χ2v) is 9.76. The van der Waals surface area contributed by atoms with Gasteiger partial charge in [-0.1, -0.05) is 17.7 Å². The van der Waals surface area contributed by atoms with Crippen molar-refractivity contribution >= 4 is 29.0 Å². The van der Waals surface area contributed by atoms with Gasteiger partial charge >= 0.3 is 0 Å². The number of hydrogen-bond donors (Lipinski definition) is 3. The molecule has 0 bridgehead atoms. The standard InChI is InChI=1S/C31H30FN5O4/c1-17-6-12-25(18(2)14-17)36-31(39)27-19(3)34-29-24(30(38)35-21-9-7-20(32)8-10-21)16-33-37(29)28(27)23-15-22(40-4)11-13-26(23)41-5/h6-16,28,34H,1-5H3,(H,35,38)(H,36,39)/t28-/m0/s1. The molecular formula is C31H30FN5O4. The minimum absolute atomic E-state index is 0.245. The van der Waals surface area contributed by atoms with Crippen molar-refractivity contribution in [3.8, 4) is 11.5 Å². The maximum Gasteiger partial charge on any atom is 0.261 e. The summed E-state index contributed by atoms with van der Waals surface area (Å²) >= 11 is 0. The van der Waals surface area contributed by atoms with Gasteiger partial charge in [-0.25, -0.2) is 9.07 Å². The van der Waals surface area contributed by atoms with Gasteiger partial charge in [0.15, 0.2) is 0 Å². The summed E-state index contributed by atoms with van der Waals surface area (Å²) in [4.78, 5) is 27.2. The first-order chi connectivity index (χ1) is 19.7. The number of nitrogens with one attached hydrogen (secondary N) is 3. The van der Waals surface area contributed by atoms with Crippen molar-refractivity contribution in [1.82, 2.24) is 9.78 Å². The van der Waals surface area contributed by atoms with Gasteiger partial charge in [-0.3, -0.25) is 9.59 Å². The Hall–Kier alpha value is -5.12. The van der Waals surface area contributed by atoms with Crippen LogP contribution in [0.2, 0.25) is 0 Å². The molecule has 10 heteroatoms. The maximum absolute atomic E-state index is 13.9. The molecule has 4 aromatic rings. The molecule has 3 N–H and O–H groups in total. The van der Waals surface area contributed by atoms with E-state index in [1.807, 2.05) is 32.0 Å². The predicted molar refractivity (Wildman–Crippen MR) is 155 cm³/mol. The SMILES string of the molecule is COc1ccc(OC)c([C@H]2C(C(=O)Nc3ccc(C)cc3C)=C(C)Nc3c(C(=O)Nc4ccc(F)cc4)cnn32)c1. The molecule has 0 fully saturated rings. The molecule has 2 heterocycles. The van der Waals surface area contributed by atoms with Crippen LogP contribution in [0.15, 0.2) is 78.1 Å². The summed E-state index contributed by atoms with van der Waals surface area (Å²) in [5, 5.41) is 13.6. The number of carbonyl (C=O) groups excluding carboxylic acids is 2. The van der Waals surface area contributed by atoms with E-state index in [-0.39, 0.29) is 11.5 Å². The zero-order chi connectivity index (χ0) is 29.3. The number of halogens is 1. The Bertz CT molecular complexity index is 1680. The van der Waals surface area contributed by atoms with E-state index in [9.17, 15) is 14.0 Å². The largest absolute Gasteiger partial charge is 0.497 e. The lowest BCUT2D eigenvalue weighted by Crippen LogP contribution is -2.32. The molecule has 2 amide bonds. The molecule has 210 valence electrons. The van der Waals surface area contributed by atoms with Gasteiger partial charge in [0, 0.05) is 22.6 Å². The van der Waals surface area contributed by atoms with Crippen molar-refractivity contribution in [3.05, 3.63) is 106 Å². The van der Waals surface area contributed by atoms with Crippen molar-refractivity contribution in [1.29, 1.82) is 0 Å². The van der Waals surface area contributed by atoms with Crippen LogP contribution in [-0.2, 0) is 4.79 Å². The zero-order valence-corrected chi connectivity index (χ0v) is 23.3. The molecule has 0 aliphatic carbocycles. The van der Waals surface area contributed by atoms with Crippen molar-refractivity contribution in [2.45, 2.75) is 26.8 Å². The number of nitrogens with zero attached hydrogens (tertiary/aromatic N) is 2. The van der Waals surface area contributed by atoms with Crippen molar-refractivity contribution in [2.24, 2.45) is 0 Å². The van der Waals surface area contributed by atoms with Gasteiger partial charge in [-0.2, -0.15) is 5.10 Å². The van der Waals surface area contributed by atoms with Crippen LogP contribution in [0.1, 0.15) is 40.0 Å². The van der Waals surface area contributed by atoms with Crippen LogP contribution in [-0.4, -0.2) is 35.8 Å². The van der Waals surface area contributed by atoms with Gasteiger partial charge < -0.3 is 25.4 Å². The normalized spacial score (nSPS) is 14.1. The van der Waals surface area contributed by atoms with Crippen LogP contribution in [0, 0.1) is 19.7 Å². The molecule has 0 unspecified atom stereocenters. The molecule has 5 rings (SSSR count). The van der Waals surface area contributed by atoms with E-state index in [0.717, 1.165) is 11.1 Å². The first-order valence-corrected chi connectivity index (χ1v) is 12.9. The summed E-state index contributed by atoms with van der Waals surface area (Å²) in [7, 11) is 3.10. The van der Waals surface area contributed by atoms with Crippen LogP contribution < -0.4 is 25.4 Å². The van der Waals surface area contributed by atoms with E-state index < -0.39 is 17.8 Å². The topological polar surface area (TPSA) is 107 Å². The molecule has 9 nitrogen and oxygen atoms in total. The first kappa shape index (κ1) is 27.4. The second kappa shape index (κ2) is 11.2. The molecule has 0 saturated carbocycles. The number of benzene rings is 3. The smallest absolute Gasteiger partial charge is 0.261 e. The molecule has 1 aliphatic rings. The van der Waals surface area contributed by atoms with Gasteiger partial charge in [0.25, 0.3) is 11.8 Å². The quantitative estimate of drug-likeness (QED) is 0.265. The molecular weight excluding hydrogens is 525 g/mol. The van der Waals surface area contributed by atoms with Crippen molar-refractivity contribution in [2.75, 3.05) is 30.2 Å². The number of amides is 2. The van der Waals surface area contributed by atoms with Gasteiger partial charge in [0.1, 0.15) is 34.7 Å². The van der Waals surface area contributed by atoms with Gasteiger partial charge in [-0.05, 0) is 74.9 Å². The fourth-order valence-electron chi connectivity index (χ4n) is 4.93. The monoisotopic (exact) mass is 555 g/mol. The number of hydrogen-bond acceptors (Lipinski definition) is 6. The van der Waals surface area contributed by atoms with Gasteiger partial charge in [0.2, 0.25) is 0 Å². The van der Waals surface area contributed by atoms with Crippen LogP contribution in [0.3, 0.4) is 0 Å². The first-order valence-electron chi connectivity index (χ1n) is 12.9. The highest BCUT2D eigenvalue weighted by molar-refractivity contribution is 6.09. The number of aryl methyl sites for hydroxylation is 2. The number of fused-ring (bicyclic) bond motifs is 1. The lowest BCUT2D eigenvalue weighted by molar-refractivity contribution is -0.113. The minimum Gasteiger partial charge on any atom is -0.497 e. The molecule has 0 saturated heterocycles. The van der Waals surface area contributed by atoms with E-state index >= 15 is 0 Å². The Morgan fingerprint density at radius 1 is 0.927 bits per heavy atom.